The summed E-state index contributed by atoms with van der Waals surface area (Å²) in [5.74, 6) is 0. The Morgan fingerprint density at radius 2 is 2.31 bits per heavy atom. The van der Waals surface area contributed by atoms with Crippen LogP contribution in [0.2, 0.25) is 0 Å². The Kier molecular flexibility index (Phi) is 4.54. The van der Waals surface area contributed by atoms with Gasteiger partial charge in [0.2, 0.25) is 0 Å². The molecule has 74 valence electrons. The third-order valence-corrected chi connectivity index (χ3v) is 3.32. The quantitative estimate of drug-likeness (QED) is 0.506. The van der Waals surface area contributed by atoms with Crippen LogP contribution >= 0.6 is 27.5 Å². The molecule has 0 bridgehead atoms. The standard InChI is InChI=1S/C11H16BrCl/c1-2-3-4-7-11(13)8-5-6-10(12)9-11/h5-6,8H,2-4,7,9H2,1H3. The van der Waals surface area contributed by atoms with E-state index in [-0.39, 0.29) is 4.87 Å². The average molecular weight is 264 g/mol. The maximum absolute atomic E-state index is 6.45. The summed E-state index contributed by atoms with van der Waals surface area (Å²) in [6, 6.07) is 0. The zero-order chi connectivity index (χ0) is 9.73. The molecular weight excluding hydrogens is 247 g/mol. The molecule has 1 atom stereocenters. The van der Waals surface area contributed by atoms with Crippen molar-refractivity contribution < 1.29 is 0 Å². The zero-order valence-corrected chi connectivity index (χ0v) is 10.4. The van der Waals surface area contributed by atoms with Gasteiger partial charge in [-0.15, -0.1) is 11.6 Å². The molecule has 1 aliphatic carbocycles. The first kappa shape index (κ1) is 11.3. The molecule has 0 amide bonds. The fourth-order valence-electron chi connectivity index (χ4n) is 1.56. The first-order valence-electron chi connectivity index (χ1n) is 4.89. The van der Waals surface area contributed by atoms with Gasteiger partial charge in [-0.3, -0.25) is 0 Å². The largest absolute Gasteiger partial charge is 0.114 e. The van der Waals surface area contributed by atoms with Gasteiger partial charge in [0.05, 0.1) is 4.87 Å². The summed E-state index contributed by atoms with van der Waals surface area (Å²) in [7, 11) is 0. The van der Waals surface area contributed by atoms with Crippen LogP contribution in [0.5, 0.6) is 0 Å². The second kappa shape index (κ2) is 5.21. The number of rotatable bonds is 4. The van der Waals surface area contributed by atoms with Crippen LogP contribution in [0.1, 0.15) is 39.0 Å². The van der Waals surface area contributed by atoms with Gasteiger partial charge in [-0.1, -0.05) is 60.3 Å². The minimum Gasteiger partial charge on any atom is -0.114 e. The van der Waals surface area contributed by atoms with E-state index in [2.05, 4.69) is 35.0 Å². The van der Waals surface area contributed by atoms with E-state index in [1.807, 2.05) is 6.08 Å². The highest BCUT2D eigenvalue weighted by Gasteiger charge is 2.25. The number of unbranched alkanes of at least 4 members (excludes halogenated alkanes) is 2. The molecule has 0 saturated heterocycles. The molecule has 2 heteroatoms. The molecule has 0 fully saturated rings. The highest BCUT2D eigenvalue weighted by atomic mass is 79.9. The van der Waals surface area contributed by atoms with E-state index in [1.165, 1.54) is 23.7 Å². The lowest BCUT2D eigenvalue weighted by Gasteiger charge is -2.25. The molecule has 1 unspecified atom stereocenters. The van der Waals surface area contributed by atoms with Gasteiger partial charge in [-0.2, -0.15) is 0 Å². The minimum absolute atomic E-state index is 0.122. The first-order valence-corrected chi connectivity index (χ1v) is 6.06. The number of hydrogen-bond donors (Lipinski definition) is 0. The van der Waals surface area contributed by atoms with Crippen LogP contribution in [-0.4, -0.2) is 4.87 Å². The summed E-state index contributed by atoms with van der Waals surface area (Å²) in [6.45, 7) is 2.22. The van der Waals surface area contributed by atoms with Crippen molar-refractivity contribution in [3.05, 3.63) is 22.7 Å². The second-order valence-electron chi connectivity index (χ2n) is 3.64. The van der Waals surface area contributed by atoms with Gasteiger partial charge in [0, 0.05) is 6.42 Å². The van der Waals surface area contributed by atoms with Crippen molar-refractivity contribution in [3.63, 3.8) is 0 Å². The van der Waals surface area contributed by atoms with Gasteiger partial charge < -0.3 is 0 Å². The number of alkyl halides is 1. The Balaban J connectivity index is 2.39. The topological polar surface area (TPSA) is 0 Å². The Morgan fingerprint density at radius 3 is 2.92 bits per heavy atom. The molecule has 0 aromatic heterocycles. The third-order valence-electron chi connectivity index (χ3n) is 2.33. The zero-order valence-electron chi connectivity index (χ0n) is 8.02. The molecule has 0 aromatic rings. The summed E-state index contributed by atoms with van der Waals surface area (Å²) in [4.78, 5) is -0.122. The second-order valence-corrected chi connectivity index (χ2v) is 5.41. The Hall–Kier alpha value is 0.250. The highest BCUT2D eigenvalue weighted by Crippen LogP contribution is 2.36. The van der Waals surface area contributed by atoms with Gasteiger partial charge in [0.1, 0.15) is 0 Å². The van der Waals surface area contributed by atoms with Crippen LogP contribution in [0, 0.1) is 0 Å². The van der Waals surface area contributed by atoms with Gasteiger partial charge in [0.25, 0.3) is 0 Å². The lowest BCUT2D eigenvalue weighted by atomic mass is 9.93. The molecular formula is C11H16BrCl. The molecule has 0 aromatic carbocycles. The van der Waals surface area contributed by atoms with Crippen LogP contribution in [0.4, 0.5) is 0 Å². The molecule has 0 spiro atoms. The average Bonchev–Trinajstić information content (AvgIpc) is 2.04. The molecule has 13 heavy (non-hydrogen) atoms. The van der Waals surface area contributed by atoms with E-state index in [4.69, 9.17) is 11.6 Å². The molecule has 0 heterocycles. The van der Waals surface area contributed by atoms with Crippen molar-refractivity contribution in [2.45, 2.75) is 43.9 Å². The summed E-state index contributed by atoms with van der Waals surface area (Å²) < 4.78 is 1.21. The first-order chi connectivity index (χ1) is 6.16. The summed E-state index contributed by atoms with van der Waals surface area (Å²) >= 11 is 9.95. The Bertz CT molecular complexity index is 220. The van der Waals surface area contributed by atoms with Crippen LogP contribution < -0.4 is 0 Å². The van der Waals surface area contributed by atoms with E-state index in [0.29, 0.717) is 0 Å². The molecule has 1 aliphatic rings. The maximum atomic E-state index is 6.45. The third kappa shape index (κ3) is 3.86. The van der Waals surface area contributed by atoms with E-state index in [9.17, 15) is 0 Å². The molecule has 0 saturated carbocycles. The van der Waals surface area contributed by atoms with Crippen molar-refractivity contribution >= 4 is 27.5 Å². The summed E-state index contributed by atoms with van der Waals surface area (Å²) in [5.41, 5.74) is 0. The van der Waals surface area contributed by atoms with Gasteiger partial charge >= 0.3 is 0 Å². The van der Waals surface area contributed by atoms with Gasteiger partial charge in [-0.05, 0) is 10.9 Å². The van der Waals surface area contributed by atoms with Crippen LogP contribution in [0.25, 0.3) is 0 Å². The van der Waals surface area contributed by atoms with Crippen molar-refractivity contribution in [1.29, 1.82) is 0 Å². The Morgan fingerprint density at radius 1 is 1.54 bits per heavy atom. The van der Waals surface area contributed by atoms with Crippen molar-refractivity contribution in [1.82, 2.24) is 0 Å². The van der Waals surface area contributed by atoms with Crippen molar-refractivity contribution in [3.8, 4) is 0 Å². The van der Waals surface area contributed by atoms with E-state index in [0.717, 1.165) is 12.8 Å². The molecule has 0 nitrogen and oxygen atoms in total. The smallest absolute Gasteiger partial charge is 0.0674 e. The normalized spacial score (nSPS) is 27.5. The van der Waals surface area contributed by atoms with E-state index in [1.54, 1.807) is 0 Å². The predicted molar refractivity (Wildman–Crippen MR) is 63.5 cm³/mol. The van der Waals surface area contributed by atoms with Crippen molar-refractivity contribution in [2.75, 3.05) is 0 Å². The Labute approximate surface area is 94.2 Å². The van der Waals surface area contributed by atoms with Crippen LogP contribution in [-0.2, 0) is 0 Å². The van der Waals surface area contributed by atoms with E-state index < -0.39 is 0 Å². The monoisotopic (exact) mass is 262 g/mol. The molecule has 0 N–H and O–H groups in total. The fourth-order valence-corrected chi connectivity index (χ4v) is 2.73. The number of allylic oxidation sites excluding steroid dienone is 4. The molecule has 0 radical (unpaired) electrons. The molecule has 1 rings (SSSR count). The van der Waals surface area contributed by atoms with Crippen LogP contribution in [0.15, 0.2) is 22.7 Å². The minimum atomic E-state index is -0.122. The highest BCUT2D eigenvalue weighted by molar-refractivity contribution is 9.11. The predicted octanol–water partition coefficient (Wildman–Crippen LogP) is 4.78. The van der Waals surface area contributed by atoms with Gasteiger partial charge in [0.15, 0.2) is 0 Å². The van der Waals surface area contributed by atoms with Crippen molar-refractivity contribution in [2.24, 2.45) is 0 Å². The SMILES string of the molecule is CCCCCC1(Cl)C=CC=C(Br)C1. The summed E-state index contributed by atoms with van der Waals surface area (Å²) in [5, 5.41) is 0. The number of hydrogen-bond acceptors (Lipinski definition) is 0. The maximum Gasteiger partial charge on any atom is 0.0674 e. The number of halogens is 2. The lowest BCUT2D eigenvalue weighted by Crippen LogP contribution is -2.19. The lowest BCUT2D eigenvalue weighted by molar-refractivity contribution is 0.569. The van der Waals surface area contributed by atoms with E-state index >= 15 is 0 Å². The van der Waals surface area contributed by atoms with Crippen LogP contribution in [0.3, 0.4) is 0 Å². The fraction of sp³-hybridized carbons (Fsp3) is 0.636. The summed E-state index contributed by atoms with van der Waals surface area (Å²) in [6.07, 6.45) is 12.0. The molecule has 0 aliphatic heterocycles. The van der Waals surface area contributed by atoms with Gasteiger partial charge in [-0.25, -0.2) is 0 Å².